The van der Waals surface area contributed by atoms with E-state index < -0.39 is 0 Å². The Balaban J connectivity index is 1.44. The van der Waals surface area contributed by atoms with Crippen molar-refractivity contribution in [3.05, 3.63) is 63.9 Å². The van der Waals surface area contributed by atoms with Gasteiger partial charge >= 0.3 is 0 Å². The van der Waals surface area contributed by atoms with E-state index in [0.717, 1.165) is 0 Å². The topological polar surface area (TPSA) is 79.4 Å². The smallest absolute Gasteiger partial charge is 0.269 e. The van der Waals surface area contributed by atoms with Crippen LogP contribution in [0.25, 0.3) is 0 Å². The van der Waals surface area contributed by atoms with E-state index in [2.05, 4.69) is 26.2 Å². The second kappa shape index (κ2) is 7.57. The number of rotatable bonds is 6. The number of amides is 3. The van der Waals surface area contributed by atoms with Gasteiger partial charge in [0.15, 0.2) is 0 Å². The van der Waals surface area contributed by atoms with Crippen molar-refractivity contribution in [2.75, 3.05) is 13.1 Å². The number of pyridine rings is 1. The van der Waals surface area contributed by atoms with Gasteiger partial charge in [0.2, 0.25) is 0 Å². The fraction of sp³-hybridized carbons (Fsp3) is 0.222. The molecular weight excluding hydrogens is 386 g/mol. The van der Waals surface area contributed by atoms with Crippen LogP contribution in [0.15, 0.2) is 47.1 Å². The van der Waals surface area contributed by atoms with Gasteiger partial charge in [-0.2, -0.15) is 0 Å². The Bertz CT molecular complexity index is 803. The zero-order valence-electron chi connectivity index (χ0n) is 13.4. The van der Waals surface area contributed by atoms with Gasteiger partial charge in [0.1, 0.15) is 10.3 Å². The van der Waals surface area contributed by atoms with Gasteiger partial charge in [0, 0.05) is 13.1 Å². The van der Waals surface area contributed by atoms with Crippen molar-refractivity contribution in [1.29, 1.82) is 0 Å². The van der Waals surface area contributed by atoms with E-state index in [1.54, 1.807) is 42.5 Å². The number of nitrogens with one attached hydrogen (secondary N) is 1. The van der Waals surface area contributed by atoms with Crippen molar-refractivity contribution in [1.82, 2.24) is 15.2 Å². The summed E-state index contributed by atoms with van der Waals surface area (Å²) in [6.45, 7) is 0.799. The minimum atomic E-state index is -0.248. The quantitative estimate of drug-likeness (QED) is 0.458. The molecule has 128 valence electrons. The molecule has 0 aliphatic carbocycles. The molecule has 1 aliphatic heterocycles. The fourth-order valence-electron chi connectivity index (χ4n) is 2.66. The number of nitrogens with zero attached hydrogens (tertiary/aromatic N) is 2. The van der Waals surface area contributed by atoms with Gasteiger partial charge in [-0.15, -0.1) is 0 Å². The minimum Gasteiger partial charge on any atom is -0.351 e. The number of carbonyl (C=O) groups excluding carboxylic acids is 3. The zero-order valence-corrected chi connectivity index (χ0v) is 15.0. The third kappa shape index (κ3) is 3.76. The molecule has 2 heterocycles. The van der Waals surface area contributed by atoms with Gasteiger partial charge in [-0.05, 0) is 53.0 Å². The molecule has 0 radical (unpaired) electrons. The molecule has 1 N–H and O–H groups in total. The highest BCUT2D eigenvalue weighted by molar-refractivity contribution is 9.10. The van der Waals surface area contributed by atoms with Crippen LogP contribution in [-0.2, 0) is 0 Å². The molecule has 0 bridgehead atoms. The minimum absolute atomic E-state index is 0.247. The third-order valence-electron chi connectivity index (χ3n) is 3.92. The first-order chi connectivity index (χ1) is 12.1. The third-order valence-corrected chi connectivity index (χ3v) is 4.36. The Morgan fingerprint density at radius 1 is 1.00 bits per heavy atom. The maximum absolute atomic E-state index is 12.2. The highest BCUT2D eigenvalue weighted by Crippen LogP contribution is 2.22. The second-order valence-electron chi connectivity index (χ2n) is 5.62. The van der Waals surface area contributed by atoms with E-state index in [1.807, 2.05) is 0 Å². The first-order valence-corrected chi connectivity index (χ1v) is 8.73. The first-order valence-electron chi connectivity index (χ1n) is 7.94. The summed E-state index contributed by atoms with van der Waals surface area (Å²) in [6.07, 6.45) is 1.28. The molecule has 0 spiro atoms. The van der Waals surface area contributed by atoms with E-state index in [9.17, 15) is 14.4 Å². The lowest BCUT2D eigenvalue weighted by molar-refractivity contribution is 0.0650. The second-order valence-corrected chi connectivity index (χ2v) is 6.43. The number of fused-ring (bicyclic) bond motifs is 1. The van der Waals surface area contributed by atoms with Crippen LogP contribution in [-0.4, -0.2) is 40.7 Å². The molecule has 3 rings (SSSR count). The molecule has 3 amide bonds. The molecule has 0 fully saturated rings. The molecule has 0 atom stereocenters. The maximum Gasteiger partial charge on any atom is 0.269 e. The van der Waals surface area contributed by atoms with Crippen molar-refractivity contribution in [2.45, 2.75) is 12.8 Å². The fourth-order valence-corrected chi connectivity index (χ4v) is 3.01. The molecule has 2 aromatic rings. The van der Waals surface area contributed by atoms with Gasteiger partial charge in [-0.3, -0.25) is 19.3 Å². The highest BCUT2D eigenvalue weighted by atomic mass is 79.9. The zero-order chi connectivity index (χ0) is 17.8. The number of halogens is 1. The SMILES string of the molecule is O=C(NCCCCN1C(=O)c2ccccc2C1=O)c1cccc(Br)n1. The number of carbonyl (C=O) groups is 3. The largest absolute Gasteiger partial charge is 0.351 e. The monoisotopic (exact) mass is 401 g/mol. The summed E-state index contributed by atoms with van der Waals surface area (Å²) in [5, 5.41) is 2.78. The number of hydrogen-bond acceptors (Lipinski definition) is 4. The van der Waals surface area contributed by atoms with Gasteiger partial charge in [-0.25, -0.2) is 4.98 Å². The number of benzene rings is 1. The summed E-state index contributed by atoms with van der Waals surface area (Å²) >= 11 is 3.22. The maximum atomic E-state index is 12.2. The van der Waals surface area contributed by atoms with Gasteiger partial charge in [0.05, 0.1) is 11.1 Å². The standard InChI is InChI=1S/C18H16BrN3O3/c19-15-9-5-8-14(21-15)16(23)20-10-3-4-11-22-17(24)12-6-1-2-7-13(12)18(22)25/h1-2,5-9H,3-4,10-11H2,(H,20,23). The van der Waals surface area contributed by atoms with Crippen molar-refractivity contribution >= 4 is 33.7 Å². The summed E-state index contributed by atoms with van der Waals surface area (Å²) in [6, 6.07) is 12.0. The van der Waals surface area contributed by atoms with Crippen LogP contribution in [0.1, 0.15) is 44.0 Å². The number of imide groups is 1. The molecule has 1 aliphatic rings. The summed E-state index contributed by atoms with van der Waals surface area (Å²) in [7, 11) is 0. The van der Waals surface area contributed by atoms with E-state index in [0.29, 0.717) is 47.4 Å². The van der Waals surface area contributed by atoms with Crippen molar-refractivity contribution < 1.29 is 14.4 Å². The van der Waals surface area contributed by atoms with Crippen LogP contribution in [0.4, 0.5) is 0 Å². The molecule has 0 unspecified atom stereocenters. The van der Waals surface area contributed by atoms with E-state index in [1.165, 1.54) is 4.90 Å². The lowest BCUT2D eigenvalue weighted by Gasteiger charge is -2.13. The van der Waals surface area contributed by atoms with Gasteiger partial charge < -0.3 is 5.32 Å². The summed E-state index contributed by atoms with van der Waals surface area (Å²) in [5.74, 6) is -0.743. The molecule has 25 heavy (non-hydrogen) atoms. The van der Waals surface area contributed by atoms with Gasteiger partial charge in [0.25, 0.3) is 17.7 Å². The lowest BCUT2D eigenvalue weighted by Crippen LogP contribution is -2.31. The van der Waals surface area contributed by atoms with Crippen LogP contribution in [0, 0.1) is 0 Å². The lowest BCUT2D eigenvalue weighted by atomic mass is 10.1. The molecule has 1 aromatic carbocycles. The summed E-state index contributed by atoms with van der Waals surface area (Å²) < 4.78 is 0.603. The van der Waals surface area contributed by atoms with Gasteiger partial charge in [-0.1, -0.05) is 18.2 Å². The average molecular weight is 402 g/mol. The van der Waals surface area contributed by atoms with E-state index in [-0.39, 0.29) is 17.7 Å². The summed E-state index contributed by atoms with van der Waals surface area (Å²) in [5.41, 5.74) is 1.26. The Hall–Kier alpha value is -2.54. The first kappa shape index (κ1) is 17.3. The van der Waals surface area contributed by atoms with Crippen molar-refractivity contribution in [3.63, 3.8) is 0 Å². The van der Waals surface area contributed by atoms with E-state index in [4.69, 9.17) is 0 Å². The predicted molar refractivity (Wildman–Crippen MR) is 95.3 cm³/mol. The van der Waals surface area contributed by atoms with Crippen molar-refractivity contribution in [3.8, 4) is 0 Å². The molecule has 0 saturated carbocycles. The Kier molecular flexibility index (Phi) is 5.23. The Labute approximate surface area is 153 Å². The normalized spacial score (nSPS) is 13.1. The number of unbranched alkanes of at least 4 members (excludes halogenated alkanes) is 1. The van der Waals surface area contributed by atoms with E-state index >= 15 is 0 Å². The molecule has 6 nitrogen and oxygen atoms in total. The van der Waals surface area contributed by atoms with Crippen molar-refractivity contribution in [2.24, 2.45) is 0 Å². The van der Waals surface area contributed by atoms with Crippen LogP contribution in [0.5, 0.6) is 0 Å². The highest BCUT2D eigenvalue weighted by Gasteiger charge is 2.34. The predicted octanol–water partition coefficient (Wildman–Crippen LogP) is 2.65. The Morgan fingerprint density at radius 2 is 1.68 bits per heavy atom. The summed E-state index contributed by atoms with van der Waals surface area (Å²) in [4.78, 5) is 41.7. The van der Waals surface area contributed by atoms with Crippen LogP contribution < -0.4 is 5.32 Å². The van der Waals surface area contributed by atoms with Crippen LogP contribution in [0.2, 0.25) is 0 Å². The average Bonchev–Trinajstić information content (AvgIpc) is 2.86. The molecule has 7 heteroatoms. The number of aromatic nitrogens is 1. The van der Waals surface area contributed by atoms with Crippen LogP contribution in [0.3, 0.4) is 0 Å². The molecular formula is C18H16BrN3O3. The number of hydrogen-bond donors (Lipinski definition) is 1. The molecule has 1 aromatic heterocycles. The van der Waals surface area contributed by atoms with Crippen LogP contribution >= 0.6 is 15.9 Å². The Morgan fingerprint density at radius 3 is 2.32 bits per heavy atom. The molecule has 0 saturated heterocycles.